The maximum absolute atomic E-state index is 15.5. The number of nitrogens with zero attached hydrogens (tertiary/aromatic N) is 2. The molecule has 3 amide bonds. The number of hydrogen-bond donors (Lipinski definition) is 2. The van der Waals surface area contributed by atoms with Crippen LogP contribution >= 0.6 is 0 Å². The first kappa shape index (κ1) is 33.4. The number of amides is 3. The first-order valence-corrected chi connectivity index (χ1v) is 16.6. The zero-order valence-corrected chi connectivity index (χ0v) is 26.7. The Hall–Kier alpha value is -2.95. The van der Waals surface area contributed by atoms with Crippen molar-refractivity contribution >= 4 is 29.2 Å². The first-order valence-electron chi connectivity index (χ1n) is 16.6. The molecule has 5 aliphatic rings. The van der Waals surface area contributed by atoms with Crippen molar-refractivity contribution in [1.82, 2.24) is 15.1 Å². The third kappa shape index (κ3) is 6.79. The SMILES string of the molecule is CCC(=O)N[C@@H](C(=O)N1CCN(C)CC1)[C@@H](C)c1ccc(NC(=O)[C@@H](CC(=O)C(F)(F)C23CC(C2)C3)C2CCCCC2)c(F)c1. The van der Waals surface area contributed by atoms with E-state index in [0.29, 0.717) is 63.8 Å². The van der Waals surface area contributed by atoms with Gasteiger partial charge in [-0.1, -0.05) is 39.2 Å². The molecule has 4 saturated carbocycles. The number of alkyl halides is 2. The minimum Gasteiger partial charge on any atom is -0.344 e. The highest BCUT2D eigenvalue weighted by molar-refractivity contribution is 5.97. The fourth-order valence-electron chi connectivity index (χ4n) is 7.73. The molecule has 0 spiro atoms. The van der Waals surface area contributed by atoms with Crippen LogP contribution in [0.5, 0.6) is 0 Å². The highest BCUT2D eigenvalue weighted by atomic mass is 19.3. The second-order valence-corrected chi connectivity index (χ2v) is 14.0. The largest absolute Gasteiger partial charge is 0.344 e. The number of Topliss-reactive ketones (excluding diaryl/α,β-unsaturated/α-hetero) is 1. The predicted octanol–water partition coefficient (Wildman–Crippen LogP) is 5.13. The fraction of sp³-hybridized carbons (Fsp3) is 0.706. The van der Waals surface area contributed by atoms with Gasteiger partial charge in [0.15, 0.2) is 0 Å². The van der Waals surface area contributed by atoms with Gasteiger partial charge < -0.3 is 20.4 Å². The molecule has 4 aliphatic carbocycles. The van der Waals surface area contributed by atoms with Gasteiger partial charge >= 0.3 is 5.92 Å². The molecule has 0 aromatic heterocycles. The van der Waals surface area contributed by atoms with Gasteiger partial charge in [-0.25, -0.2) is 4.39 Å². The number of hydrogen-bond acceptors (Lipinski definition) is 5. The molecule has 8 nitrogen and oxygen atoms in total. The lowest BCUT2D eigenvalue weighted by Crippen LogP contribution is -2.64. The molecule has 6 rings (SSSR count). The summed E-state index contributed by atoms with van der Waals surface area (Å²) in [6.45, 7) is 5.92. The Morgan fingerprint density at radius 3 is 2.22 bits per heavy atom. The van der Waals surface area contributed by atoms with Crippen LogP contribution in [-0.4, -0.2) is 78.5 Å². The number of carbonyl (C=O) groups is 4. The second-order valence-electron chi connectivity index (χ2n) is 14.0. The maximum atomic E-state index is 15.5. The molecule has 0 unspecified atom stereocenters. The van der Waals surface area contributed by atoms with Crippen LogP contribution < -0.4 is 10.6 Å². The molecular weight excluding hydrogens is 585 g/mol. The Labute approximate surface area is 263 Å². The standard InChI is InChI=1S/C34H47F3N4O4/c1-4-29(43)39-30(32(45)41-14-12-40(3)13-15-41)21(2)24-10-11-27(26(35)16-24)38-31(44)25(23-8-6-5-7-9-23)17-28(42)34(36,37)33-18-22(19-33)20-33/h10-11,16,21-23,25,30H,4-9,12-15,17-20H2,1-3H3,(H,38,44)(H,39,43)/t21-,22?,25-,30+,33?/m0/s1. The van der Waals surface area contributed by atoms with Gasteiger partial charge in [-0.15, -0.1) is 0 Å². The lowest BCUT2D eigenvalue weighted by molar-refractivity contribution is -0.253. The minimum atomic E-state index is -3.46. The fourth-order valence-corrected chi connectivity index (χ4v) is 7.73. The monoisotopic (exact) mass is 632 g/mol. The van der Waals surface area contributed by atoms with Crippen molar-refractivity contribution in [3.63, 3.8) is 0 Å². The van der Waals surface area contributed by atoms with Crippen molar-refractivity contribution in [2.75, 3.05) is 38.5 Å². The minimum absolute atomic E-state index is 0.116. The molecule has 3 atom stereocenters. The highest BCUT2D eigenvalue weighted by Gasteiger charge is 2.72. The molecule has 45 heavy (non-hydrogen) atoms. The van der Waals surface area contributed by atoms with Gasteiger partial charge in [0, 0.05) is 56.3 Å². The number of nitrogens with one attached hydrogen (secondary N) is 2. The molecule has 2 N–H and O–H groups in total. The van der Waals surface area contributed by atoms with E-state index >= 15 is 13.2 Å². The predicted molar refractivity (Wildman–Crippen MR) is 164 cm³/mol. The number of anilines is 1. The van der Waals surface area contributed by atoms with E-state index in [1.165, 1.54) is 12.1 Å². The zero-order valence-electron chi connectivity index (χ0n) is 26.7. The van der Waals surface area contributed by atoms with E-state index in [9.17, 15) is 19.2 Å². The lowest BCUT2D eigenvalue weighted by Gasteiger charge is -2.64. The topological polar surface area (TPSA) is 98.8 Å². The van der Waals surface area contributed by atoms with Crippen molar-refractivity contribution in [3.05, 3.63) is 29.6 Å². The summed E-state index contributed by atoms with van der Waals surface area (Å²) in [6.07, 6.45) is 4.76. The van der Waals surface area contributed by atoms with Crippen LogP contribution in [-0.2, 0) is 19.2 Å². The average Bonchev–Trinajstić information content (AvgIpc) is 2.97. The van der Waals surface area contributed by atoms with Gasteiger partial charge in [-0.2, -0.15) is 8.78 Å². The molecule has 5 fully saturated rings. The van der Waals surface area contributed by atoms with Crippen molar-refractivity contribution in [3.8, 4) is 0 Å². The Balaban J connectivity index is 1.30. The van der Waals surface area contributed by atoms with Crippen LogP contribution in [0.3, 0.4) is 0 Å². The lowest BCUT2D eigenvalue weighted by atomic mass is 9.41. The van der Waals surface area contributed by atoms with Gasteiger partial charge in [-0.3, -0.25) is 19.2 Å². The van der Waals surface area contributed by atoms with E-state index in [2.05, 4.69) is 15.5 Å². The first-order chi connectivity index (χ1) is 21.3. The second kappa shape index (κ2) is 13.4. The summed E-state index contributed by atoms with van der Waals surface area (Å²) in [5.74, 6) is -8.00. The molecule has 1 saturated heterocycles. The number of ketones is 1. The van der Waals surface area contributed by atoms with Gasteiger partial charge in [0.1, 0.15) is 11.9 Å². The number of rotatable bonds is 12. The molecule has 2 bridgehead atoms. The molecule has 11 heteroatoms. The smallest absolute Gasteiger partial charge is 0.310 e. The Kier molecular flexibility index (Phi) is 9.96. The molecule has 1 heterocycles. The number of carbonyl (C=O) groups excluding carboxylic acids is 4. The number of piperazine rings is 1. The van der Waals surface area contributed by atoms with Gasteiger partial charge in [0.2, 0.25) is 23.5 Å². The van der Waals surface area contributed by atoms with Crippen molar-refractivity contribution in [1.29, 1.82) is 0 Å². The van der Waals surface area contributed by atoms with Crippen LogP contribution in [0, 0.1) is 29.0 Å². The van der Waals surface area contributed by atoms with E-state index in [1.54, 1.807) is 24.8 Å². The zero-order chi connectivity index (χ0) is 32.5. The quantitative estimate of drug-likeness (QED) is 0.333. The third-order valence-electron chi connectivity index (χ3n) is 11.0. The van der Waals surface area contributed by atoms with Gasteiger partial charge in [0.05, 0.1) is 5.69 Å². The molecular formula is C34H47F3N4O4. The van der Waals surface area contributed by atoms with E-state index in [0.717, 1.165) is 19.3 Å². The summed E-state index contributed by atoms with van der Waals surface area (Å²) in [4.78, 5) is 56.3. The Morgan fingerprint density at radius 1 is 1.02 bits per heavy atom. The Bertz CT molecular complexity index is 1270. The number of likely N-dealkylation sites (N-methyl/N-ethyl adjacent to an activating group) is 1. The molecule has 0 radical (unpaired) electrons. The third-order valence-corrected chi connectivity index (χ3v) is 11.0. The summed E-state index contributed by atoms with van der Waals surface area (Å²) in [5.41, 5.74) is -0.886. The molecule has 1 aromatic rings. The maximum Gasteiger partial charge on any atom is 0.310 e. The summed E-state index contributed by atoms with van der Waals surface area (Å²) < 4.78 is 46.0. The number of benzene rings is 1. The van der Waals surface area contributed by atoms with E-state index in [1.807, 2.05) is 7.05 Å². The van der Waals surface area contributed by atoms with E-state index < -0.39 is 53.1 Å². The van der Waals surface area contributed by atoms with Crippen LogP contribution in [0.2, 0.25) is 0 Å². The highest BCUT2D eigenvalue weighted by Crippen LogP contribution is 2.71. The average molecular weight is 633 g/mol. The number of halogens is 3. The van der Waals surface area contributed by atoms with E-state index in [-0.39, 0.29) is 35.8 Å². The normalized spacial score (nSPS) is 25.7. The van der Waals surface area contributed by atoms with Gasteiger partial charge in [0.25, 0.3) is 0 Å². The molecule has 1 aromatic carbocycles. The van der Waals surface area contributed by atoms with Crippen LogP contribution in [0.1, 0.15) is 89.5 Å². The van der Waals surface area contributed by atoms with E-state index in [4.69, 9.17) is 0 Å². The summed E-state index contributed by atoms with van der Waals surface area (Å²) in [6, 6.07) is 3.34. The Morgan fingerprint density at radius 2 is 1.67 bits per heavy atom. The van der Waals surface area contributed by atoms with Crippen LogP contribution in [0.15, 0.2) is 18.2 Å². The summed E-state index contributed by atoms with van der Waals surface area (Å²) in [7, 11) is 1.98. The van der Waals surface area contributed by atoms with Crippen LogP contribution in [0.4, 0.5) is 18.9 Å². The summed E-state index contributed by atoms with van der Waals surface area (Å²) in [5, 5.41) is 5.41. The summed E-state index contributed by atoms with van der Waals surface area (Å²) >= 11 is 0. The molecule has 1 aliphatic heterocycles. The van der Waals surface area contributed by atoms with Crippen molar-refractivity contribution < 1.29 is 32.3 Å². The van der Waals surface area contributed by atoms with Crippen LogP contribution in [0.25, 0.3) is 0 Å². The van der Waals surface area contributed by atoms with Crippen molar-refractivity contribution in [2.24, 2.45) is 23.2 Å². The van der Waals surface area contributed by atoms with Crippen molar-refractivity contribution in [2.45, 2.75) is 95.9 Å². The molecule has 248 valence electrons. The van der Waals surface area contributed by atoms with Gasteiger partial charge in [-0.05, 0) is 68.7 Å².